The fraction of sp³-hybridized carbons (Fsp3) is 0.174. The average Bonchev–Trinajstić information content (AvgIpc) is 2.84. The molecule has 0 aliphatic rings. The van der Waals surface area contributed by atoms with E-state index in [1.807, 2.05) is 12.3 Å². The Morgan fingerprint density at radius 1 is 1.09 bits per heavy atom. The standard InChI is InChI=1S/C23H23N3O4S2/c1-31-14-12-18(16-27)25-26-23(28)20-11-10-19(15-21(20)17-7-3-2-4-8-17)32(29,30)22-9-5-6-13-24-22/h2-11,13,15-16,18,25H,12,14H2,1H3,(H,26,28)/t18-/m1/s1. The van der Waals surface area contributed by atoms with Gasteiger partial charge in [-0.25, -0.2) is 18.8 Å². The van der Waals surface area contributed by atoms with Crippen LogP contribution in [0.2, 0.25) is 0 Å². The maximum Gasteiger partial charge on any atom is 0.266 e. The second-order valence-electron chi connectivity index (χ2n) is 6.87. The highest BCUT2D eigenvalue weighted by molar-refractivity contribution is 7.98. The first-order valence-corrected chi connectivity index (χ1v) is 12.7. The number of nitrogens with zero attached hydrogens (tertiary/aromatic N) is 1. The topological polar surface area (TPSA) is 105 Å². The van der Waals surface area contributed by atoms with Gasteiger partial charge in [0.05, 0.1) is 10.9 Å². The molecule has 2 N–H and O–H groups in total. The van der Waals surface area contributed by atoms with Gasteiger partial charge in [0.25, 0.3) is 5.91 Å². The Morgan fingerprint density at radius 2 is 1.84 bits per heavy atom. The van der Waals surface area contributed by atoms with E-state index in [2.05, 4.69) is 15.8 Å². The Labute approximate surface area is 191 Å². The van der Waals surface area contributed by atoms with E-state index in [0.29, 0.717) is 17.5 Å². The van der Waals surface area contributed by atoms with Gasteiger partial charge in [0.2, 0.25) is 9.84 Å². The lowest BCUT2D eigenvalue weighted by molar-refractivity contribution is -0.109. The highest BCUT2D eigenvalue weighted by Gasteiger charge is 2.22. The molecule has 0 saturated carbocycles. The molecule has 0 aliphatic heterocycles. The molecular weight excluding hydrogens is 446 g/mol. The van der Waals surface area contributed by atoms with E-state index < -0.39 is 21.8 Å². The van der Waals surface area contributed by atoms with Gasteiger partial charge >= 0.3 is 0 Å². The van der Waals surface area contributed by atoms with Crippen molar-refractivity contribution >= 4 is 33.8 Å². The normalized spacial score (nSPS) is 12.2. The van der Waals surface area contributed by atoms with Crippen molar-refractivity contribution in [3.05, 3.63) is 78.5 Å². The van der Waals surface area contributed by atoms with E-state index in [1.165, 1.54) is 30.5 Å². The molecular formula is C23H23N3O4S2. The summed E-state index contributed by atoms with van der Waals surface area (Å²) >= 11 is 1.60. The number of hydrogen-bond acceptors (Lipinski definition) is 7. The van der Waals surface area contributed by atoms with Crippen LogP contribution in [0, 0.1) is 0 Å². The maximum atomic E-state index is 13.0. The number of carbonyl (C=O) groups excluding carboxylic acids is 2. The summed E-state index contributed by atoms with van der Waals surface area (Å²) in [5.41, 5.74) is 6.72. The number of rotatable bonds is 10. The molecule has 1 heterocycles. The monoisotopic (exact) mass is 469 g/mol. The maximum absolute atomic E-state index is 13.0. The van der Waals surface area contributed by atoms with Crippen molar-refractivity contribution in [3.63, 3.8) is 0 Å². The van der Waals surface area contributed by atoms with Crippen molar-refractivity contribution in [2.24, 2.45) is 0 Å². The van der Waals surface area contributed by atoms with Crippen LogP contribution in [0.4, 0.5) is 0 Å². The number of amides is 1. The molecule has 3 rings (SSSR count). The van der Waals surface area contributed by atoms with Crippen LogP contribution >= 0.6 is 11.8 Å². The summed E-state index contributed by atoms with van der Waals surface area (Å²) in [6.07, 6.45) is 4.67. The van der Waals surface area contributed by atoms with E-state index >= 15 is 0 Å². The van der Waals surface area contributed by atoms with E-state index in [9.17, 15) is 18.0 Å². The zero-order chi connectivity index (χ0) is 23.0. The van der Waals surface area contributed by atoms with Gasteiger partial charge in [-0.05, 0) is 59.9 Å². The molecule has 0 spiro atoms. The van der Waals surface area contributed by atoms with Crippen LogP contribution in [0.15, 0.2) is 82.8 Å². The van der Waals surface area contributed by atoms with Gasteiger partial charge in [-0.2, -0.15) is 11.8 Å². The number of hydrogen-bond donors (Lipinski definition) is 2. The first-order valence-electron chi connectivity index (χ1n) is 9.83. The number of aldehydes is 1. The molecule has 7 nitrogen and oxygen atoms in total. The molecule has 0 fully saturated rings. The second kappa shape index (κ2) is 11.0. The number of carbonyl (C=O) groups is 2. The number of hydrazine groups is 1. The fourth-order valence-corrected chi connectivity index (χ4v) is 4.73. The summed E-state index contributed by atoms with van der Waals surface area (Å²) < 4.78 is 26.1. The molecule has 1 atom stereocenters. The quantitative estimate of drug-likeness (QED) is 0.347. The minimum absolute atomic E-state index is 0.0327. The summed E-state index contributed by atoms with van der Waals surface area (Å²) in [6, 6.07) is 17.5. The smallest absolute Gasteiger partial charge is 0.266 e. The Balaban J connectivity index is 1.96. The molecule has 2 aromatic carbocycles. The first kappa shape index (κ1) is 23.6. The fourth-order valence-electron chi connectivity index (χ4n) is 3.02. The van der Waals surface area contributed by atoms with Gasteiger partial charge in [-0.1, -0.05) is 36.4 Å². The van der Waals surface area contributed by atoms with E-state index in [0.717, 1.165) is 12.0 Å². The lowest BCUT2D eigenvalue weighted by Crippen LogP contribution is -2.45. The van der Waals surface area contributed by atoms with Gasteiger partial charge in [0.15, 0.2) is 5.03 Å². The van der Waals surface area contributed by atoms with Crippen molar-refractivity contribution in [2.75, 3.05) is 12.0 Å². The minimum Gasteiger partial charge on any atom is -0.302 e. The number of benzene rings is 2. The Kier molecular flexibility index (Phi) is 8.15. The van der Waals surface area contributed by atoms with Crippen LogP contribution in [-0.4, -0.2) is 43.6 Å². The molecule has 0 aliphatic carbocycles. The molecule has 166 valence electrons. The van der Waals surface area contributed by atoms with Crippen molar-refractivity contribution in [2.45, 2.75) is 22.4 Å². The van der Waals surface area contributed by atoms with Crippen molar-refractivity contribution in [1.29, 1.82) is 0 Å². The largest absolute Gasteiger partial charge is 0.302 e. The van der Waals surface area contributed by atoms with E-state index in [4.69, 9.17) is 0 Å². The van der Waals surface area contributed by atoms with Gasteiger partial charge in [0, 0.05) is 11.8 Å². The van der Waals surface area contributed by atoms with Crippen LogP contribution in [0.3, 0.4) is 0 Å². The molecule has 3 aromatic rings. The van der Waals surface area contributed by atoms with Crippen molar-refractivity contribution in [3.8, 4) is 11.1 Å². The molecule has 32 heavy (non-hydrogen) atoms. The van der Waals surface area contributed by atoms with Crippen LogP contribution in [-0.2, 0) is 14.6 Å². The Morgan fingerprint density at radius 3 is 2.50 bits per heavy atom. The number of sulfone groups is 1. The van der Waals surface area contributed by atoms with Crippen LogP contribution in [0.25, 0.3) is 11.1 Å². The Bertz CT molecular complexity index is 1170. The van der Waals surface area contributed by atoms with Gasteiger partial charge in [-0.3, -0.25) is 10.2 Å². The lowest BCUT2D eigenvalue weighted by Gasteiger charge is -2.16. The predicted octanol–water partition coefficient (Wildman–Crippen LogP) is 3.14. The van der Waals surface area contributed by atoms with Crippen LogP contribution in [0.5, 0.6) is 0 Å². The minimum atomic E-state index is -3.86. The average molecular weight is 470 g/mol. The van der Waals surface area contributed by atoms with E-state index in [1.54, 1.807) is 48.2 Å². The number of aromatic nitrogens is 1. The lowest BCUT2D eigenvalue weighted by atomic mass is 9.99. The molecule has 0 saturated heterocycles. The van der Waals surface area contributed by atoms with Gasteiger partial charge in [0.1, 0.15) is 6.29 Å². The van der Waals surface area contributed by atoms with Crippen LogP contribution in [0.1, 0.15) is 16.8 Å². The summed E-state index contributed by atoms with van der Waals surface area (Å²) in [4.78, 5) is 28.1. The summed E-state index contributed by atoms with van der Waals surface area (Å²) in [5, 5.41) is -0.0690. The third kappa shape index (κ3) is 5.61. The zero-order valence-electron chi connectivity index (χ0n) is 17.4. The van der Waals surface area contributed by atoms with Gasteiger partial charge < -0.3 is 4.79 Å². The SMILES string of the molecule is CSCC[C@H](C=O)NNC(=O)c1ccc(S(=O)(=O)c2ccccn2)cc1-c1ccccc1. The molecule has 0 bridgehead atoms. The molecule has 1 aromatic heterocycles. The summed E-state index contributed by atoms with van der Waals surface area (Å²) in [5.74, 6) is 0.295. The van der Waals surface area contributed by atoms with Crippen LogP contribution < -0.4 is 10.9 Å². The number of nitrogens with one attached hydrogen (secondary N) is 2. The highest BCUT2D eigenvalue weighted by atomic mass is 32.2. The molecule has 0 unspecified atom stereocenters. The highest BCUT2D eigenvalue weighted by Crippen LogP contribution is 2.29. The Hall–Kier alpha value is -3.01. The number of thioether (sulfide) groups is 1. The first-order chi connectivity index (χ1) is 15.5. The third-order valence-corrected chi connectivity index (χ3v) is 7.02. The molecule has 9 heteroatoms. The summed E-state index contributed by atoms with van der Waals surface area (Å²) in [6.45, 7) is 0. The van der Waals surface area contributed by atoms with Crippen molar-refractivity contribution in [1.82, 2.24) is 15.8 Å². The van der Waals surface area contributed by atoms with Crippen molar-refractivity contribution < 1.29 is 18.0 Å². The molecule has 0 radical (unpaired) electrons. The summed E-state index contributed by atoms with van der Waals surface area (Å²) in [7, 11) is -3.86. The predicted molar refractivity (Wildman–Crippen MR) is 125 cm³/mol. The third-order valence-electron chi connectivity index (χ3n) is 4.71. The second-order valence-corrected chi connectivity index (χ2v) is 9.75. The zero-order valence-corrected chi connectivity index (χ0v) is 19.0. The van der Waals surface area contributed by atoms with Gasteiger partial charge in [-0.15, -0.1) is 0 Å². The van der Waals surface area contributed by atoms with E-state index in [-0.39, 0.29) is 15.5 Å². The number of pyridine rings is 1. The molecule has 1 amide bonds.